The largest absolute Gasteiger partial charge is 0.463 e. The number of carbonyl (C=O) groups is 2. The maximum Gasteiger partial charge on any atom is 0.305 e. The van der Waals surface area contributed by atoms with E-state index in [1.165, 1.54) is 283 Å². The summed E-state index contributed by atoms with van der Waals surface area (Å²) in [6.45, 7) is 7.83. The average Bonchev–Trinajstić information content (AvgIpc) is 3.32. The van der Waals surface area contributed by atoms with Gasteiger partial charge in [-0.2, -0.15) is 0 Å². The summed E-state index contributed by atoms with van der Waals surface area (Å²) in [6.07, 6.45) is 67.3. The minimum Gasteiger partial charge on any atom is -0.463 e. The van der Waals surface area contributed by atoms with Gasteiger partial charge in [0.1, 0.15) is 19.3 Å². The lowest BCUT2D eigenvalue weighted by atomic mass is 10.0. The fourth-order valence-corrected chi connectivity index (χ4v) is 9.55. The van der Waals surface area contributed by atoms with E-state index in [1.807, 2.05) is 0 Å². The number of hydrogen-bond acceptors (Lipinski definition) is 5. The van der Waals surface area contributed by atoms with E-state index in [2.05, 4.69) is 20.8 Å². The van der Waals surface area contributed by atoms with Crippen LogP contribution < -0.4 is 0 Å². The van der Waals surface area contributed by atoms with Crippen molar-refractivity contribution in [2.24, 2.45) is 0 Å². The van der Waals surface area contributed by atoms with Gasteiger partial charge in [0.2, 0.25) is 0 Å². The van der Waals surface area contributed by atoms with Crippen LogP contribution in [0, 0.1) is 0 Å². The second-order valence-electron chi connectivity index (χ2n) is 21.0. The van der Waals surface area contributed by atoms with E-state index in [0.29, 0.717) is 19.4 Å². The normalized spacial score (nSPS) is 12.0. The van der Waals surface area contributed by atoms with Crippen molar-refractivity contribution in [1.82, 2.24) is 0 Å². The standard InChI is InChI=1S/C61H120O5/c1-4-7-10-13-16-19-22-25-27-29-30-31-32-33-34-37-40-43-46-49-52-55-61(63)66-58-59(57-65-60(62)54-51-48-45-42-39-36-24-21-18-15-12-9-6-3)64-56-53-50-47-44-41-38-35-28-26-23-20-17-14-11-8-5-2/h59H,4-58H2,1-3H3/t59-/m0/s1. The maximum absolute atomic E-state index is 12.7. The van der Waals surface area contributed by atoms with Crippen LogP contribution in [-0.4, -0.2) is 37.9 Å². The smallest absolute Gasteiger partial charge is 0.305 e. The molecule has 0 aromatic heterocycles. The monoisotopic (exact) mass is 933 g/mol. The van der Waals surface area contributed by atoms with Gasteiger partial charge in [-0.15, -0.1) is 0 Å². The first kappa shape index (κ1) is 64.9. The molecular formula is C61H120O5. The van der Waals surface area contributed by atoms with Crippen LogP contribution in [0.3, 0.4) is 0 Å². The Labute approximate surface area is 414 Å². The van der Waals surface area contributed by atoms with Gasteiger partial charge in [-0.25, -0.2) is 0 Å². The molecule has 5 heteroatoms. The lowest BCUT2D eigenvalue weighted by Crippen LogP contribution is -2.29. The molecule has 66 heavy (non-hydrogen) atoms. The number of rotatable bonds is 58. The highest BCUT2D eigenvalue weighted by Gasteiger charge is 2.16. The number of unbranched alkanes of at least 4 members (excludes halogenated alkanes) is 47. The highest BCUT2D eigenvalue weighted by molar-refractivity contribution is 5.69. The van der Waals surface area contributed by atoms with Gasteiger partial charge in [-0.1, -0.05) is 323 Å². The van der Waals surface area contributed by atoms with Crippen molar-refractivity contribution in [2.45, 2.75) is 361 Å². The van der Waals surface area contributed by atoms with Crippen molar-refractivity contribution >= 4 is 11.9 Å². The number of carbonyl (C=O) groups excluding carboxylic acids is 2. The number of hydrogen-bond donors (Lipinski definition) is 0. The fraction of sp³-hybridized carbons (Fsp3) is 0.967. The van der Waals surface area contributed by atoms with Gasteiger partial charge in [-0.3, -0.25) is 9.59 Å². The summed E-state index contributed by atoms with van der Waals surface area (Å²) in [4.78, 5) is 25.3. The quantitative estimate of drug-likeness (QED) is 0.0449. The molecule has 0 heterocycles. The van der Waals surface area contributed by atoms with Crippen molar-refractivity contribution in [1.29, 1.82) is 0 Å². The van der Waals surface area contributed by atoms with Crippen LogP contribution in [0.2, 0.25) is 0 Å². The van der Waals surface area contributed by atoms with Crippen molar-refractivity contribution in [3.05, 3.63) is 0 Å². The van der Waals surface area contributed by atoms with Crippen LogP contribution in [0.15, 0.2) is 0 Å². The van der Waals surface area contributed by atoms with Crippen LogP contribution >= 0.6 is 0 Å². The van der Waals surface area contributed by atoms with E-state index in [9.17, 15) is 9.59 Å². The third kappa shape index (κ3) is 55.5. The summed E-state index contributed by atoms with van der Waals surface area (Å²) in [7, 11) is 0. The molecule has 0 aromatic carbocycles. The Bertz CT molecular complexity index is 921. The third-order valence-electron chi connectivity index (χ3n) is 14.2. The number of ether oxygens (including phenoxy) is 3. The zero-order valence-electron chi connectivity index (χ0n) is 45.5. The van der Waals surface area contributed by atoms with E-state index in [-0.39, 0.29) is 31.3 Å². The van der Waals surface area contributed by atoms with Gasteiger partial charge in [-0.05, 0) is 19.3 Å². The molecule has 5 nitrogen and oxygen atoms in total. The first-order chi connectivity index (χ1) is 32.6. The molecule has 0 aromatic rings. The molecule has 394 valence electrons. The number of esters is 2. The molecule has 0 fully saturated rings. The molecule has 0 unspecified atom stereocenters. The summed E-state index contributed by atoms with van der Waals surface area (Å²) >= 11 is 0. The van der Waals surface area contributed by atoms with Gasteiger partial charge >= 0.3 is 11.9 Å². The van der Waals surface area contributed by atoms with Crippen molar-refractivity contribution in [3.8, 4) is 0 Å². The molecule has 0 aliphatic heterocycles. The maximum atomic E-state index is 12.7. The summed E-state index contributed by atoms with van der Waals surface area (Å²) in [6, 6.07) is 0. The Balaban J connectivity index is 4.12. The first-order valence-electron chi connectivity index (χ1n) is 30.6. The zero-order valence-corrected chi connectivity index (χ0v) is 45.5. The van der Waals surface area contributed by atoms with Gasteiger partial charge in [0.25, 0.3) is 0 Å². The first-order valence-corrected chi connectivity index (χ1v) is 30.6. The molecule has 0 bridgehead atoms. The second kappa shape index (κ2) is 58.2. The summed E-state index contributed by atoms with van der Waals surface area (Å²) in [5.41, 5.74) is 0. The van der Waals surface area contributed by atoms with E-state index in [4.69, 9.17) is 14.2 Å². The van der Waals surface area contributed by atoms with Gasteiger partial charge in [0.05, 0.1) is 0 Å². The fourth-order valence-electron chi connectivity index (χ4n) is 9.55. The molecule has 0 aliphatic carbocycles. The lowest BCUT2D eigenvalue weighted by Gasteiger charge is -2.18. The Kier molecular flexibility index (Phi) is 57.2. The molecule has 1 atom stereocenters. The molecular weight excluding hydrogens is 813 g/mol. The Hall–Kier alpha value is -1.10. The molecule has 0 radical (unpaired) electrons. The minimum atomic E-state index is -0.388. The Morgan fingerprint density at radius 2 is 0.439 bits per heavy atom. The third-order valence-corrected chi connectivity index (χ3v) is 14.2. The van der Waals surface area contributed by atoms with E-state index >= 15 is 0 Å². The molecule has 0 rings (SSSR count). The Morgan fingerprint density at radius 1 is 0.258 bits per heavy atom. The molecule has 0 amide bonds. The van der Waals surface area contributed by atoms with Crippen LogP contribution in [-0.2, 0) is 23.8 Å². The zero-order chi connectivity index (χ0) is 47.7. The van der Waals surface area contributed by atoms with E-state index in [1.54, 1.807) is 0 Å². The van der Waals surface area contributed by atoms with Crippen LogP contribution in [0.25, 0.3) is 0 Å². The predicted octanol–water partition coefficient (Wildman–Crippen LogP) is 20.8. The topological polar surface area (TPSA) is 61.8 Å². The van der Waals surface area contributed by atoms with Crippen LogP contribution in [0.5, 0.6) is 0 Å². The molecule has 0 aliphatic rings. The summed E-state index contributed by atoms with van der Waals surface area (Å²) in [5, 5.41) is 0. The van der Waals surface area contributed by atoms with Crippen molar-refractivity contribution in [2.75, 3.05) is 19.8 Å². The van der Waals surface area contributed by atoms with Crippen LogP contribution in [0.1, 0.15) is 355 Å². The van der Waals surface area contributed by atoms with E-state index in [0.717, 1.165) is 38.5 Å². The van der Waals surface area contributed by atoms with Crippen molar-refractivity contribution in [3.63, 3.8) is 0 Å². The SMILES string of the molecule is CCCCCCCCCCCCCCCCCCCCCCCC(=O)OC[C@H](COC(=O)CCCCCCCCCCCCCCC)OCCCCCCCCCCCCCCCCCC. The molecule has 0 saturated carbocycles. The minimum absolute atomic E-state index is 0.151. The lowest BCUT2D eigenvalue weighted by molar-refractivity contribution is -0.155. The average molecular weight is 934 g/mol. The van der Waals surface area contributed by atoms with Gasteiger partial charge in [0.15, 0.2) is 0 Å². The molecule has 0 saturated heterocycles. The van der Waals surface area contributed by atoms with E-state index < -0.39 is 0 Å². The van der Waals surface area contributed by atoms with Gasteiger partial charge in [0, 0.05) is 19.4 Å². The van der Waals surface area contributed by atoms with Crippen LogP contribution in [0.4, 0.5) is 0 Å². The van der Waals surface area contributed by atoms with Crippen molar-refractivity contribution < 1.29 is 23.8 Å². The second-order valence-corrected chi connectivity index (χ2v) is 21.0. The predicted molar refractivity (Wildman–Crippen MR) is 289 cm³/mol. The highest BCUT2D eigenvalue weighted by atomic mass is 16.6. The Morgan fingerprint density at radius 3 is 0.652 bits per heavy atom. The summed E-state index contributed by atoms with van der Waals surface area (Å²) < 4.78 is 17.6. The highest BCUT2D eigenvalue weighted by Crippen LogP contribution is 2.18. The van der Waals surface area contributed by atoms with Gasteiger partial charge < -0.3 is 14.2 Å². The summed E-state index contributed by atoms with van der Waals surface area (Å²) in [5.74, 6) is -0.304. The molecule has 0 spiro atoms. The molecule has 0 N–H and O–H groups in total.